The zero-order valence-electron chi connectivity index (χ0n) is 15.8. The molecule has 0 saturated carbocycles. The lowest BCUT2D eigenvalue weighted by Gasteiger charge is -2.19. The first kappa shape index (κ1) is 19.5. The smallest absolute Gasteiger partial charge is 0.339 e. The van der Waals surface area contributed by atoms with Crippen molar-refractivity contribution < 1.29 is 23.9 Å². The number of carbonyl (C=O) groups is 4. The molecule has 0 heterocycles. The Morgan fingerprint density at radius 2 is 1.50 bits per heavy atom. The minimum absolute atomic E-state index is 0.0133. The van der Waals surface area contributed by atoms with E-state index in [1.807, 2.05) is 13.8 Å². The third-order valence-electron chi connectivity index (χ3n) is 4.86. The second kappa shape index (κ2) is 8.17. The molecule has 2 aromatic carbocycles. The number of hydrogen-bond donors (Lipinski definition) is 1. The number of fused-ring (bicyclic) bond motifs is 2. The largest absolute Gasteiger partial charge is 0.452 e. The number of amides is 1. The van der Waals surface area contributed by atoms with Crippen molar-refractivity contribution in [3.63, 3.8) is 0 Å². The normalized spacial score (nSPS) is 12.4. The SMILES string of the molecule is CCC(CC)NC(=O)COC(=O)c1cccc2c1C(=O)c1ccccc1C2=O. The molecule has 1 aliphatic carbocycles. The first-order valence-electron chi connectivity index (χ1n) is 9.25. The minimum Gasteiger partial charge on any atom is -0.452 e. The predicted molar refractivity (Wildman–Crippen MR) is 103 cm³/mol. The van der Waals surface area contributed by atoms with Gasteiger partial charge in [0.15, 0.2) is 18.2 Å². The van der Waals surface area contributed by atoms with Crippen LogP contribution in [0.4, 0.5) is 0 Å². The summed E-state index contributed by atoms with van der Waals surface area (Å²) in [5.74, 6) is -1.93. The Morgan fingerprint density at radius 1 is 0.893 bits per heavy atom. The molecule has 0 aliphatic heterocycles. The molecule has 0 radical (unpaired) electrons. The predicted octanol–water partition coefficient (Wildman–Crippen LogP) is 2.92. The molecule has 0 aromatic heterocycles. The molecule has 0 saturated heterocycles. The molecular formula is C22H21NO5. The Bertz CT molecular complexity index is 959. The van der Waals surface area contributed by atoms with Crippen LogP contribution in [0.1, 0.15) is 68.9 Å². The number of ether oxygens (including phenoxy) is 1. The van der Waals surface area contributed by atoms with E-state index in [0.29, 0.717) is 5.56 Å². The fourth-order valence-electron chi connectivity index (χ4n) is 3.29. The molecule has 144 valence electrons. The molecule has 1 N–H and O–H groups in total. The van der Waals surface area contributed by atoms with E-state index in [4.69, 9.17) is 4.74 Å². The quantitative estimate of drug-likeness (QED) is 0.665. The Morgan fingerprint density at radius 3 is 2.14 bits per heavy atom. The second-order valence-electron chi connectivity index (χ2n) is 6.59. The van der Waals surface area contributed by atoms with E-state index in [9.17, 15) is 19.2 Å². The lowest BCUT2D eigenvalue weighted by atomic mass is 9.82. The zero-order valence-corrected chi connectivity index (χ0v) is 15.8. The Kier molecular flexibility index (Phi) is 5.68. The number of hydrogen-bond acceptors (Lipinski definition) is 5. The van der Waals surface area contributed by atoms with Gasteiger partial charge < -0.3 is 10.1 Å². The van der Waals surface area contributed by atoms with Gasteiger partial charge in [0.1, 0.15) is 0 Å². The first-order chi connectivity index (χ1) is 13.5. The van der Waals surface area contributed by atoms with Crippen LogP contribution in [-0.2, 0) is 9.53 Å². The number of ketones is 2. The van der Waals surface area contributed by atoms with Crippen LogP contribution in [0.15, 0.2) is 42.5 Å². The number of esters is 1. The van der Waals surface area contributed by atoms with E-state index in [1.165, 1.54) is 18.2 Å². The van der Waals surface area contributed by atoms with E-state index in [1.54, 1.807) is 24.3 Å². The molecule has 0 atom stereocenters. The standard InChI is InChI=1S/C22H21NO5/c1-3-13(4-2)23-18(24)12-28-22(27)17-11-7-10-16-19(17)21(26)15-9-6-5-8-14(15)20(16)25/h5-11,13H,3-4,12H2,1-2H3,(H,23,24). The van der Waals surface area contributed by atoms with Gasteiger partial charge in [0.25, 0.3) is 5.91 Å². The summed E-state index contributed by atoms with van der Waals surface area (Å²) in [5, 5.41) is 2.78. The maximum atomic E-state index is 12.9. The molecule has 3 rings (SSSR count). The molecular weight excluding hydrogens is 358 g/mol. The fourth-order valence-corrected chi connectivity index (χ4v) is 3.29. The van der Waals surface area contributed by atoms with E-state index in [-0.39, 0.29) is 34.1 Å². The zero-order chi connectivity index (χ0) is 20.3. The van der Waals surface area contributed by atoms with E-state index in [0.717, 1.165) is 12.8 Å². The van der Waals surface area contributed by atoms with Crippen molar-refractivity contribution in [2.45, 2.75) is 32.7 Å². The van der Waals surface area contributed by atoms with Gasteiger partial charge in [0.05, 0.1) is 5.56 Å². The van der Waals surface area contributed by atoms with Crippen molar-refractivity contribution >= 4 is 23.4 Å². The van der Waals surface area contributed by atoms with Gasteiger partial charge >= 0.3 is 5.97 Å². The summed E-state index contributed by atoms with van der Waals surface area (Å²) in [6.07, 6.45) is 1.55. The Labute approximate surface area is 162 Å². The van der Waals surface area contributed by atoms with Gasteiger partial charge in [-0.1, -0.05) is 50.2 Å². The molecule has 0 spiro atoms. The van der Waals surface area contributed by atoms with Crippen molar-refractivity contribution in [1.29, 1.82) is 0 Å². The molecule has 28 heavy (non-hydrogen) atoms. The summed E-state index contributed by atoms with van der Waals surface area (Å²) in [6.45, 7) is 3.46. The average molecular weight is 379 g/mol. The highest BCUT2D eigenvalue weighted by atomic mass is 16.5. The van der Waals surface area contributed by atoms with Crippen LogP contribution < -0.4 is 5.32 Å². The summed E-state index contributed by atoms with van der Waals surface area (Å²) in [6, 6.07) is 11.0. The molecule has 0 bridgehead atoms. The summed E-state index contributed by atoms with van der Waals surface area (Å²) in [7, 11) is 0. The van der Waals surface area contributed by atoms with E-state index >= 15 is 0 Å². The summed E-state index contributed by atoms with van der Waals surface area (Å²) in [5.41, 5.74) is 0.749. The van der Waals surface area contributed by atoms with Crippen LogP contribution in [0, 0.1) is 0 Å². The van der Waals surface area contributed by atoms with Gasteiger partial charge in [-0.05, 0) is 18.9 Å². The average Bonchev–Trinajstić information content (AvgIpc) is 2.73. The van der Waals surface area contributed by atoms with E-state index < -0.39 is 24.3 Å². The molecule has 6 heteroatoms. The van der Waals surface area contributed by atoms with Crippen molar-refractivity contribution in [3.8, 4) is 0 Å². The second-order valence-corrected chi connectivity index (χ2v) is 6.59. The first-order valence-corrected chi connectivity index (χ1v) is 9.25. The lowest BCUT2D eigenvalue weighted by molar-refractivity contribution is -0.125. The van der Waals surface area contributed by atoms with Gasteiger partial charge in [-0.3, -0.25) is 14.4 Å². The van der Waals surface area contributed by atoms with Gasteiger partial charge in [0.2, 0.25) is 0 Å². The molecule has 0 fully saturated rings. The van der Waals surface area contributed by atoms with Crippen LogP contribution in [0.3, 0.4) is 0 Å². The topological polar surface area (TPSA) is 89.5 Å². The lowest BCUT2D eigenvalue weighted by Crippen LogP contribution is -2.37. The third-order valence-corrected chi connectivity index (χ3v) is 4.86. The third kappa shape index (κ3) is 3.58. The van der Waals surface area contributed by atoms with Gasteiger partial charge in [-0.25, -0.2) is 4.79 Å². The van der Waals surface area contributed by atoms with Gasteiger partial charge in [-0.15, -0.1) is 0 Å². The monoisotopic (exact) mass is 379 g/mol. The summed E-state index contributed by atoms with van der Waals surface area (Å²) >= 11 is 0. The summed E-state index contributed by atoms with van der Waals surface area (Å²) < 4.78 is 5.10. The molecule has 1 aliphatic rings. The number of benzene rings is 2. The fraction of sp³-hybridized carbons (Fsp3) is 0.273. The molecule has 0 unspecified atom stereocenters. The number of carbonyl (C=O) groups excluding carboxylic acids is 4. The number of nitrogens with one attached hydrogen (secondary N) is 1. The van der Waals surface area contributed by atoms with Crippen LogP contribution in [0.5, 0.6) is 0 Å². The van der Waals surface area contributed by atoms with Crippen molar-refractivity contribution in [1.82, 2.24) is 5.32 Å². The van der Waals surface area contributed by atoms with Crippen molar-refractivity contribution in [2.24, 2.45) is 0 Å². The number of rotatable bonds is 6. The van der Waals surface area contributed by atoms with Crippen LogP contribution in [0.25, 0.3) is 0 Å². The highest BCUT2D eigenvalue weighted by Gasteiger charge is 2.33. The van der Waals surface area contributed by atoms with Gasteiger partial charge in [0, 0.05) is 28.3 Å². The van der Waals surface area contributed by atoms with E-state index in [2.05, 4.69) is 5.32 Å². The van der Waals surface area contributed by atoms with Crippen molar-refractivity contribution in [3.05, 3.63) is 70.3 Å². The highest BCUT2D eigenvalue weighted by Crippen LogP contribution is 2.29. The van der Waals surface area contributed by atoms with Crippen LogP contribution in [0.2, 0.25) is 0 Å². The minimum atomic E-state index is -0.808. The maximum Gasteiger partial charge on any atom is 0.339 e. The van der Waals surface area contributed by atoms with Gasteiger partial charge in [-0.2, -0.15) is 0 Å². The summed E-state index contributed by atoms with van der Waals surface area (Å²) in [4.78, 5) is 50.1. The Balaban J connectivity index is 1.83. The van der Waals surface area contributed by atoms with Crippen LogP contribution in [-0.4, -0.2) is 36.1 Å². The Hall–Kier alpha value is -3.28. The molecule has 1 amide bonds. The molecule has 2 aromatic rings. The maximum absolute atomic E-state index is 12.9. The highest BCUT2D eigenvalue weighted by molar-refractivity contribution is 6.30. The van der Waals surface area contributed by atoms with Crippen LogP contribution >= 0.6 is 0 Å². The molecule has 6 nitrogen and oxygen atoms in total. The van der Waals surface area contributed by atoms with Crippen molar-refractivity contribution in [2.75, 3.05) is 6.61 Å².